The fraction of sp³-hybridized carbons (Fsp3) is 0.208. The Hall–Kier alpha value is -3.71. The molecule has 7 nitrogen and oxygen atoms in total. The fourth-order valence-corrected chi connectivity index (χ4v) is 3.37. The Morgan fingerprint density at radius 2 is 1.65 bits per heavy atom. The van der Waals surface area contributed by atoms with E-state index < -0.39 is 11.9 Å². The molecule has 158 valence electrons. The second-order valence-corrected chi connectivity index (χ2v) is 7.04. The van der Waals surface area contributed by atoms with Crippen LogP contribution >= 0.6 is 0 Å². The molecule has 0 unspecified atom stereocenters. The van der Waals surface area contributed by atoms with Gasteiger partial charge in [-0.15, -0.1) is 0 Å². The molecule has 0 bridgehead atoms. The van der Waals surface area contributed by atoms with Gasteiger partial charge in [0.25, 0.3) is 5.91 Å². The van der Waals surface area contributed by atoms with Crippen LogP contribution < -0.4 is 10.2 Å². The number of amides is 1. The Morgan fingerprint density at radius 3 is 2.39 bits per heavy atom. The highest BCUT2D eigenvalue weighted by molar-refractivity contribution is 5.98. The highest BCUT2D eigenvalue weighted by Gasteiger charge is 2.21. The topological polar surface area (TPSA) is 80.8 Å². The number of nitrogens with zero attached hydrogens (tertiary/aromatic N) is 2. The first-order valence-electron chi connectivity index (χ1n) is 10.1. The summed E-state index contributed by atoms with van der Waals surface area (Å²) < 4.78 is 10.6. The molecule has 0 aliphatic carbocycles. The molecule has 0 spiro atoms. The van der Waals surface area contributed by atoms with Gasteiger partial charge in [-0.25, -0.2) is 9.78 Å². The van der Waals surface area contributed by atoms with E-state index in [1.165, 1.54) is 0 Å². The van der Waals surface area contributed by atoms with E-state index in [2.05, 4.69) is 10.3 Å². The number of ether oxygens (including phenoxy) is 2. The molecule has 1 N–H and O–H groups in total. The number of benzene rings is 2. The van der Waals surface area contributed by atoms with E-state index in [4.69, 9.17) is 9.47 Å². The zero-order valence-corrected chi connectivity index (χ0v) is 17.0. The standard InChI is InChI=1S/C24H23N3O4/c28-22(26-20-10-8-19(9-11-20)18-5-2-1-3-6-18)17-31-24(29)21-7-4-12-25-23(21)27-13-15-30-16-14-27/h1-12H,13-17H2,(H,26,28). The molecule has 1 fully saturated rings. The lowest BCUT2D eigenvalue weighted by Gasteiger charge is -2.28. The third-order valence-electron chi connectivity index (χ3n) is 4.93. The molecule has 2 heterocycles. The molecular formula is C24H23N3O4. The van der Waals surface area contributed by atoms with Crippen molar-refractivity contribution in [1.29, 1.82) is 0 Å². The average Bonchev–Trinajstić information content (AvgIpc) is 2.84. The molecule has 0 saturated carbocycles. The number of anilines is 2. The number of pyridine rings is 1. The van der Waals surface area contributed by atoms with E-state index >= 15 is 0 Å². The van der Waals surface area contributed by atoms with Crippen LogP contribution in [0.5, 0.6) is 0 Å². The van der Waals surface area contributed by atoms with Crippen LogP contribution in [0.2, 0.25) is 0 Å². The average molecular weight is 417 g/mol. The second kappa shape index (κ2) is 9.86. The monoisotopic (exact) mass is 417 g/mol. The largest absolute Gasteiger partial charge is 0.452 e. The number of hydrogen-bond donors (Lipinski definition) is 1. The molecule has 1 amide bonds. The van der Waals surface area contributed by atoms with Gasteiger partial charge in [0, 0.05) is 25.0 Å². The van der Waals surface area contributed by atoms with Gasteiger partial charge in [-0.05, 0) is 35.4 Å². The first kappa shape index (κ1) is 20.6. The molecule has 1 saturated heterocycles. The quantitative estimate of drug-likeness (QED) is 0.620. The predicted molar refractivity (Wildman–Crippen MR) is 118 cm³/mol. The highest BCUT2D eigenvalue weighted by Crippen LogP contribution is 2.21. The molecule has 2 aromatic carbocycles. The van der Waals surface area contributed by atoms with Crippen molar-refractivity contribution in [3.8, 4) is 11.1 Å². The van der Waals surface area contributed by atoms with Crippen LogP contribution in [-0.4, -0.2) is 49.8 Å². The van der Waals surface area contributed by atoms with Gasteiger partial charge < -0.3 is 19.7 Å². The minimum atomic E-state index is -0.579. The van der Waals surface area contributed by atoms with Crippen LogP contribution in [0, 0.1) is 0 Å². The summed E-state index contributed by atoms with van der Waals surface area (Å²) in [7, 11) is 0. The van der Waals surface area contributed by atoms with E-state index in [1.807, 2.05) is 59.5 Å². The van der Waals surface area contributed by atoms with Gasteiger partial charge in [-0.3, -0.25) is 4.79 Å². The first-order valence-corrected chi connectivity index (χ1v) is 10.1. The Bertz CT molecular complexity index is 1030. The molecule has 0 atom stereocenters. The molecule has 1 aliphatic rings. The molecule has 7 heteroatoms. The number of rotatable bonds is 6. The van der Waals surface area contributed by atoms with Crippen LogP contribution in [0.3, 0.4) is 0 Å². The van der Waals surface area contributed by atoms with Gasteiger partial charge in [0.2, 0.25) is 0 Å². The molecule has 3 aromatic rings. The smallest absolute Gasteiger partial charge is 0.342 e. The molecule has 1 aliphatic heterocycles. The Labute approximate surface area is 180 Å². The summed E-state index contributed by atoms with van der Waals surface area (Å²) >= 11 is 0. The maximum atomic E-state index is 12.6. The van der Waals surface area contributed by atoms with E-state index in [0.29, 0.717) is 43.4 Å². The molecule has 4 rings (SSSR count). The van der Waals surface area contributed by atoms with Crippen molar-refractivity contribution < 1.29 is 19.1 Å². The maximum Gasteiger partial charge on any atom is 0.342 e. The Kier molecular flexibility index (Phi) is 6.54. The van der Waals surface area contributed by atoms with Gasteiger partial charge in [0.05, 0.1) is 13.2 Å². The van der Waals surface area contributed by atoms with Crippen LogP contribution in [-0.2, 0) is 14.3 Å². The van der Waals surface area contributed by atoms with Gasteiger partial charge in [-0.2, -0.15) is 0 Å². The Balaban J connectivity index is 1.33. The summed E-state index contributed by atoms with van der Waals surface area (Å²) in [4.78, 5) is 31.1. The van der Waals surface area contributed by atoms with Crippen LogP contribution in [0.15, 0.2) is 72.9 Å². The molecule has 0 radical (unpaired) electrons. The zero-order valence-electron chi connectivity index (χ0n) is 17.0. The SMILES string of the molecule is O=C(COC(=O)c1cccnc1N1CCOCC1)Nc1ccc(-c2ccccc2)cc1. The zero-order chi connectivity index (χ0) is 21.5. The normalized spacial score (nSPS) is 13.5. The summed E-state index contributed by atoms with van der Waals surface area (Å²) in [6.07, 6.45) is 1.63. The molecular weight excluding hydrogens is 394 g/mol. The van der Waals surface area contributed by atoms with Crippen LogP contribution in [0.25, 0.3) is 11.1 Å². The van der Waals surface area contributed by atoms with E-state index in [0.717, 1.165) is 11.1 Å². The number of morpholine rings is 1. The minimum Gasteiger partial charge on any atom is -0.452 e. The number of carbonyl (C=O) groups excluding carboxylic acids is 2. The summed E-state index contributed by atoms with van der Waals surface area (Å²) in [6, 6.07) is 20.8. The predicted octanol–water partition coefficient (Wildman–Crippen LogP) is 3.38. The van der Waals surface area contributed by atoms with E-state index in [9.17, 15) is 9.59 Å². The minimum absolute atomic E-state index is 0.337. The lowest BCUT2D eigenvalue weighted by Crippen LogP contribution is -2.37. The van der Waals surface area contributed by atoms with Crippen molar-refractivity contribution in [3.63, 3.8) is 0 Å². The van der Waals surface area contributed by atoms with Crippen molar-refractivity contribution in [3.05, 3.63) is 78.5 Å². The van der Waals surface area contributed by atoms with E-state index in [-0.39, 0.29) is 6.61 Å². The summed E-state index contributed by atoms with van der Waals surface area (Å²) in [6.45, 7) is 2.08. The number of aromatic nitrogens is 1. The summed E-state index contributed by atoms with van der Waals surface area (Å²) in [5.41, 5.74) is 3.12. The van der Waals surface area contributed by atoms with E-state index in [1.54, 1.807) is 18.3 Å². The van der Waals surface area contributed by atoms with Crippen molar-refractivity contribution in [1.82, 2.24) is 4.98 Å². The lowest BCUT2D eigenvalue weighted by atomic mass is 10.1. The van der Waals surface area contributed by atoms with Gasteiger partial charge in [0.15, 0.2) is 6.61 Å². The molecule has 31 heavy (non-hydrogen) atoms. The lowest BCUT2D eigenvalue weighted by molar-refractivity contribution is -0.119. The maximum absolute atomic E-state index is 12.6. The number of esters is 1. The van der Waals surface area contributed by atoms with Crippen LogP contribution in [0.1, 0.15) is 10.4 Å². The number of carbonyl (C=O) groups is 2. The summed E-state index contributed by atoms with van der Waals surface area (Å²) in [5, 5.41) is 2.75. The van der Waals surface area contributed by atoms with Crippen LogP contribution in [0.4, 0.5) is 11.5 Å². The van der Waals surface area contributed by atoms with Gasteiger partial charge in [0.1, 0.15) is 11.4 Å². The number of nitrogens with one attached hydrogen (secondary N) is 1. The van der Waals surface area contributed by atoms with Crippen molar-refractivity contribution in [2.24, 2.45) is 0 Å². The van der Waals surface area contributed by atoms with Crippen molar-refractivity contribution >= 4 is 23.4 Å². The molecule has 1 aromatic heterocycles. The Morgan fingerprint density at radius 1 is 0.935 bits per heavy atom. The van der Waals surface area contributed by atoms with Crippen molar-refractivity contribution in [2.75, 3.05) is 43.1 Å². The fourth-order valence-electron chi connectivity index (χ4n) is 3.37. The highest BCUT2D eigenvalue weighted by atomic mass is 16.5. The van der Waals surface area contributed by atoms with Crippen molar-refractivity contribution in [2.45, 2.75) is 0 Å². The summed E-state index contributed by atoms with van der Waals surface area (Å²) in [5.74, 6) is -0.436. The van der Waals surface area contributed by atoms with Gasteiger partial charge in [-0.1, -0.05) is 42.5 Å². The van der Waals surface area contributed by atoms with Gasteiger partial charge >= 0.3 is 5.97 Å². The third kappa shape index (κ3) is 5.26. The first-order chi connectivity index (χ1) is 15.2. The second-order valence-electron chi connectivity index (χ2n) is 7.04. The third-order valence-corrected chi connectivity index (χ3v) is 4.93. The number of hydrogen-bond acceptors (Lipinski definition) is 6.